The zero-order valence-electron chi connectivity index (χ0n) is 13.9. The van der Waals surface area contributed by atoms with Crippen LogP contribution in [0.4, 0.5) is 10.1 Å². The Hall–Kier alpha value is -2.40. The van der Waals surface area contributed by atoms with Crippen LogP contribution in [0.5, 0.6) is 0 Å². The second kappa shape index (κ2) is 7.01. The van der Waals surface area contributed by atoms with Crippen LogP contribution in [0.2, 0.25) is 0 Å². The molecule has 0 radical (unpaired) electrons. The van der Waals surface area contributed by atoms with Crippen molar-refractivity contribution in [1.82, 2.24) is 4.90 Å². The Bertz CT molecular complexity index is 716. The average Bonchev–Trinajstić information content (AvgIpc) is 2.62. The number of carbonyl (C=O) groups is 1. The van der Waals surface area contributed by atoms with E-state index in [4.69, 9.17) is 4.74 Å². The van der Waals surface area contributed by atoms with E-state index in [2.05, 4.69) is 0 Å². The van der Waals surface area contributed by atoms with Gasteiger partial charge >= 0.3 is 0 Å². The second-order valence-corrected chi connectivity index (χ2v) is 6.08. The molecule has 0 aromatic heterocycles. The molecule has 0 N–H and O–H groups in total. The number of rotatable bonds is 3. The van der Waals surface area contributed by atoms with Crippen molar-refractivity contribution in [2.75, 3.05) is 38.7 Å². The maximum Gasteiger partial charge on any atom is 0.257 e. The molecule has 24 heavy (non-hydrogen) atoms. The van der Waals surface area contributed by atoms with E-state index in [1.54, 1.807) is 17.0 Å². The predicted molar refractivity (Wildman–Crippen MR) is 91.8 cm³/mol. The van der Waals surface area contributed by atoms with Gasteiger partial charge in [-0.25, -0.2) is 4.39 Å². The Morgan fingerprint density at radius 1 is 1.17 bits per heavy atom. The highest BCUT2D eigenvalue weighted by Gasteiger charge is 2.27. The molecule has 1 aliphatic heterocycles. The predicted octanol–water partition coefficient (Wildman–Crippen LogP) is 3.11. The molecule has 0 spiro atoms. The van der Waals surface area contributed by atoms with E-state index in [-0.39, 0.29) is 17.6 Å². The van der Waals surface area contributed by atoms with Gasteiger partial charge in [0.25, 0.3) is 5.91 Å². The van der Waals surface area contributed by atoms with E-state index in [1.807, 2.05) is 43.3 Å². The zero-order chi connectivity index (χ0) is 17.1. The Balaban J connectivity index is 1.74. The Morgan fingerprint density at radius 3 is 2.54 bits per heavy atom. The van der Waals surface area contributed by atoms with E-state index in [1.165, 1.54) is 12.1 Å². The van der Waals surface area contributed by atoms with Crippen LogP contribution in [-0.2, 0) is 4.74 Å². The van der Waals surface area contributed by atoms with Gasteiger partial charge in [0.2, 0.25) is 0 Å². The molecule has 1 saturated heterocycles. The van der Waals surface area contributed by atoms with E-state index < -0.39 is 5.82 Å². The fourth-order valence-corrected chi connectivity index (χ4v) is 2.83. The van der Waals surface area contributed by atoms with Gasteiger partial charge in [-0.1, -0.05) is 24.3 Å². The molecule has 1 amide bonds. The maximum absolute atomic E-state index is 13.9. The number of morpholine rings is 1. The van der Waals surface area contributed by atoms with Gasteiger partial charge in [-0.15, -0.1) is 0 Å². The molecule has 0 bridgehead atoms. The lowest BCUT2D eigenvalue weighted by Gasteiger charge is -2.33. The van der Waals surface area contributed by atoms with Gasteiger partial charge in [0.1, 0.15) is 11.9 Å². The smallest absolute Gasteiger partial charge is 0.257 e. The van der Waals surface area contributed by atoms with Crippen molar-refractivity contribution in [3.05, 3.63) is 65.5 Å². The van der Waals surface area contributed by atoms with Crippen molar-refractivity contribution in [3.63, 3.8) is 0 Å². The number of benzene rings is 2. The van der Waals surface area contributed by atoms with Crippen molar-refractivity contribution >= 4 is 11.6 Å². The molecule has 1 fully saturated rings. The Labute approximate surface area is 141 Å². The number of ether oxygens (including phenoxy) is 1. The Morgan fingerprint density at radius 2 is 1.88 bits per heavy atom. The van der Waals surface area contributed by atoms with Crippen molar-refractivity contribution < 1.29 is 13.9 Å². The molecular formula is C19H21FN2O2. The van der Waals surface area contributed by atoms with Crippen LogP contribution in [0.15, 0.2) is 48.5 Å². The minimum absolute atomic E-state index is 0.112. The highest BCUT2D eigenvalue weighted by atomic mass is 19.1. The molecule has 0 aliphatic carbocycles. The van der Waals surface area contributed by atoms with Crippen LogP contribution in [0, 0.1) is 5.82 Å². The number of anilines is 1. The standard InChI is InChI=1S/C19H21FN2O2/c1-21(2)15-9-7-14(8-10-15)18-13-22(11-12-24-18)19(23)16-5-3-4-6-17(16)20/h3-10,18H,11-13H2,1-2H3. The maximum atomic E-state index is 13.9. The first-order chi connectivity index (χ1) is 11.6. The van der Waals surface area contributed by atoms with Gasteiger partial charge in [-0.3, -0.25) is 4.79 Å². The minimum atomic E-state index is -0.485. The van der Waals surface area contributed by atoms with E-state index in [9.17, 15) is 9.18 Å². The van der Waals surface area contributed by atoms with Crippen LogP contribution in [0.3, 0.4) is 0 Å². The summed E-state index contributed by atoms with van der Waals surface area (Å²) >= 11 is 0. The first-order valence-electron chi connectivity index (χ1n) is 7.99. The van der Waals surface area contributed by atoms with Crippen LogP contribution >= 0.6 is 0 Å². The number of hydrogen-bond donors (Lipinski definition) is 0. The van der Waals surface area contributed by atoms with Crippen molar-refractivity contribution in [2.45, 2.75) is 6.10 Å². The second-order valence-electron chi connectivity index (χ2n) is 6.08. The normalized spacial score (nSPS) is 17.6. The van der Waals surface area contributed by atoms with Crippen LogP contribution in [0.1, 0.15) is 22.0 Å². The van der Waals surface area contributed by atoms with Crippen molar-refractivity contribution in [3.8, 4) is 0 Å². The molecule has 126 valence electrons. The first kappa shape index (κ1) is 16.5. The van der Waals surface area contributed by atoms with Crippen LogP contribution in [0.25, 0.3) is 0 Å². The lowest BCUT2D eigenvalue weighted by Crippen LogP contribution is -2.42. The van der Waals surface area contributed by atoms with E-state index in [0.717, 1.165) is 11.3 Å². The monoisotopic (exact) mass is 328 g/mol. The third kappa shape index (κ3) is 3.41. The molecule has 3 rings (SSSR count). The third-order valence-corrected chi connectivity index (χ3v) is 4.24. The average molecular weight is 328 g/mol. The quantitative estimate of drug-likeness (QED) is 0.868. The van der Waals surface area contributed by atoms with Gasteiger partial charge in [-0.2, -0.15) is 0 Å². The summed E-state index contributed by atoms with van der Waals surface area (Å²) in [6, 6.07) is 14.2. The topological polar surface area (TPSA) is 32.8 Å². The number of nitrogens with zero attached hydrogens (tertiary/aromatic N) is 2. The largest absolute Gasteiger partial charge is 0.378 e. The lowest BCUT2D eigenvalue weighted by molar-refractivity contribution is -0.0229. The summed E-state index contributed by atoms with van der Waals surface area (Å²) in [5.74, 6) is -0.771. The molecule has 4 nitrogen and oxygen atoms in total. The number of amides is 1. The van der Waals surface area contributed by atoms with E-state index >= 15 is 0 Å². The highest BCUT2D eigenvalue weighted by molar-refractivity contribution is 5.94. The summed E-state index contributed by atoms with van der Waals surface area (Å²) in [5.41, 5.74) is 2.24. The Kier molecular flexibility index (Phi) is 4.81. The van der Waals surface area contributed by atoms with Crippen molar-refractivity contribution in [2.24, 2.45) is 0 Å². The summed E-state index contributed by atoms with van der Waals surface area (Å²) in [6.45, 7) is 1.34. The summed E-state index contributed by atoms with van der Waals surface area (Å²) in [5, 5.41) is 0. The summed E-state index contributed by atoms with van der Waals surface area (Å²) in [7, 11) is 3.97. The highest BCUT2D eigenvalue weighted by Crippen LogP contribution is 2.25. The minimum Gasteiger partial charge on any atom is -0.378 e. The zero-order valence-corrected chi connectivity index (χ0v) is 13.9. The summed E-state index contributed by atoms with van der Waals surface area (Å²) in [4.78, 5) is 16.3. The molecule has 1 heterocycles. The fraction of sp³-hybridized carbons (Fsp3) is 0.316. The SMILES string of the molecule is CN(C)c1ccc(C2CN(C(=O)c3ccccc3F)CCO2)cc1. The molecule has 2 aromatic rings. The van der Waals surface area contributed by atoms with Crippen LogP contribution < -0.4 is 4.90 Å². The van der Waals surface area contributed by atoms with E-state index in [0.29, 0.717) is 19.7 Å². The van der Waals surface area contributed by atoms with Crippen LogP contribution in [-0.4, -0.2) is 44.6 Å². The number of carbonyl (C=O) groups excluding carboxylic acids is 1. The fourth-order valence-electron chi connectivity index (χ4n) is 2.83. The van der Waals surface area contributed by atoms with Gasteiger partial charge in [0.15, 0.2) is 0 Å². The number of hydrogen-bond acceptors (Lipinski definition) is 3. The van der Waals surface area contributed by atoms with Gasteiger partial charge in [0, 0.05) is 26.3 Å². The molecule has 0 saturated carbocycles. The summed E-state index contributed by atoms with van der Waals surface area (Å²) < 4.78 is 19.7. The molecule has 1 unspecified atom stereocenters. The van der Waals surface area contributed by atoms with Crippen molar-refractivity contribution in [1.29, 1.82) is 0 Å². The van der Waals surface area contributed by atoms with Gasteiger partial charge in [-0.05, 0) is 29.8 Å². The van der Waals surface area contributed by atoms with Gasteiger partial charge in [0.05, 0.1) is 18.7 Å². The molecule has 1 atom stereocenters. The first-order valence-corrected chi connectivity index (χ1v) is 7.99. The van der Waals surface area contributed by atoms with Gasteiger partial charge < -0.3 is 14.5 Å². The lowest BCUT2D eigenvalue weighted by atomic mass is 10.1. The molecule has 2 aromatic carbocycles. The third-order valence-electron chi connectivity index (χ3n) is 4.24. The summed E-state index contributed by atoms with van der Waals surface area (Å²) in [6.07, 6.45) is -0.189. The molecular weight excluding hydrogens is 307 g/mol. The molecule has 5 heteroatoms. The number of halogens is 1. The molecule has 1 aliphatic rings.